The van der Waals surface area contributed by atoms with Gasteiger partial charge in [-0.3, -0.25) is 4.79 Å². The van der Waals surface area contributed by atoms with Crippen LogP contribution >= 0.6 is 11.3 Å². The van der Waals surface area contributed by atoms with Crippen molar-refractivity contribution in [1.29, 1.82) is 0 Å². The molecule has 0 atom stereocenters. The predicted octanol–water partition coefficient (Wildman–Crippen LogP) is 3.97. The lowest BCUT2D eigenvalue weighted by molar-refractivity contribution is -0.114. The quantitative estimate of drug-likeness (QED) is 0.849. The van der Waals surface area contributed by atoms with Crippen molar-refractivity contribution >= 4 is 28.6 Å². The average Bonchev–Trinajstić information content (AvgIpc) is 2.87. The van der Waals surface area contributed by atoms with E-state index in [4.69, 9.17) is 0 Å². The van der Waals surface area contributed by atoms with E-state index in [1.165, 1.54) is 11.9 Å². The molecule has 1 aromatic heterocycles. The number of hydrogen-bond donors (Lipinski definition) is 2. The minimum Gasteiger partial charge on any atom is -0.378 e. The van der Waals surface area contributed by atoms with Gasteiger partial charge in [-0.05, 0) is 37.5 Å². The molecule has 0 saturated heterocycles. The Morgan fingerprint density at radius 2 is 2.14 bits per heavy atom. The number of anilines is 2. The molecule has 0 spiro atoms. The third kappa shape index (κ3) is 4.56. The normalized spacial score (nSPS) is 10.4. The van der Waals surface area contributed by atoms with Gasteiger partial charge in [-0.25, -0.2) is 4.98 Å². The first kappa shape index (κ1) is 15.5. The van der Waals surface area contributed by atoms with E-state index in [1.54, 1.807) is 11.3 Å². The highest BCUT2D eigenvalue weighted by Gasteiger charge is 2.06. The Labute approximate surface area is 129 Å². The number of aromatic nitrogens is 1. The molecule has 21 heavy (non-hydrogen) atoms. The van der Waals surface area contributed by atoms with Gasteiger partial charge in [0.1, 0.15) is 0 Å². The standard InChI is InChI=1S/C16H21N3OS/c1-4-5-16-19-13(10-21-16)9-17-15-8-11(2)6-7-14(15)18-12(3)20/h6-8,10,17H,4-5,9H2,1-3H3,(H,18,20). The zero-order chi connectivity index (χ0) is 15.2. The van der Waals surface area contributed by atoms with Gasteiger partial charge in [-0.15, -0.1) is 11.3 Å². The van der Waals surface area contributed by atoms with E-state index in [-0.39, 0.29) is 5.91 Å². The van der Waals surface area contributed by atoms with Crippen molar-refractivity contribution in [3.05, 3.63) is 39.8 Å². The summed E-state index contributed by atoms with van der Waals surface area (Å²) in [5.41, 5.74) is 3.92. The molecule has 0 radical (unpaired) electrons. The minimum absolute atomic E-state index is 0.0687. The molecule has 5 heteroatoms. The van der Waals surface area contributed by atoms with Crippen LogP contribution in [-0.2, 0) is 17.8 Å². The Bertz CT molecular complexity index is 622. The number of carbonyl (C=O) groups is 1. The summed E-state index contributed by atoms with van der Waals surface area (Å²) in [6.07, 6.45) is 2.15. The molecule has 2 aromatic rings. The van der Waals surface area contributed by atoms with Crippen molar-refractivity contribution in [3.8, 4) is 0 Å². The van der Waals surface area contributed by atoms with Gasteiger partial charge in [0.05, 0.1) is 28.6 Å². The van der Waals surface area contributed by atoms with Crippen molar-refractivity contribution in [3.63, 3.8) is 0 Å². The molecule has 1 amide bonds. The number of thiazole rings is 1. The topological polar surface area (TPSA) is 54.0 Å². The van der Waals surface area contributed by atoms with Gasteiger partial charge < -0.3 is 10.6 Å². The number of benzene rings is 1. The maximum absolute atomic E-state index is 11.3. The molecule has 1 heterocycles. The lowest BCUT2D eigenvalue weighted by Crippen LogP contribution is -2.09. The maximum Gasteiger partial charge on any atom is 0.221 e. The Kier molecular flexibility index (Phi) is 5.33. The fourth-order valence-electron chi connectivity index (χ4n) is 2.05. The van der Waals surface area contributed by atoms with E-state index in [2.05, 4.69) is 27.9 Å². The van der Waals surface area contributed by atoms with Crippen LogP contribution in [0.15, 0.2) is 23.6 Å². The van der Waals surface area contributed by atoms with Gasteiger partial charge in [0.2, 0.25) is 5.91 Å². The van der Waals surface area contributed by atoms with Crippen molar-refractivity contribution in [2.45, 2.75) is 40.2 Å². The average molecular weight is 303 g/mol. The van der Waals surface area contributed by atoms with Gasteiger partial charge in [0.15, 0.2) is 0 Å². The van der Waals surface area contributed by atoms with Crippen molar-refractivity contribution < 1.29 is 4.79 Å². The SMILES string of the molecule is CCCc1nc(CNc2cc(C)ccc2NC(C)=O)cs1. The van der Waals surface area contributed by atoms with Crippen LogP contribution < -0.4 is 10.6 Å². The number of rotatable bonds is 6. The lowest BCUT2D eigenvalue weighted by Gasteiger charge is -2.12. The first-order valence-corrected chi connectivity index (χ1v) is 8.02. The second kappa shape index (κ2) is 7.22. The van der Waals surface area contributed by atoms with Crippen molar-refractivity contribution in [2.24, 2.45) is 0 Å². The van der Waals surface area contributed by atoms with Gasteiger partial charge in [0, 0.05) is 12.3 Å². The second-order valence-corrected chi connectivity index (χ2v) is 6.01. The summed E-state index contributed by atoms with van der Waals surface area (Å²) in [6.45, 7) is 6.37. The van der Waals surface area contributed by atoms with Gasteiger partial charge in [0.25, 0.3) is 0 Å². The van der Waals surface area contributed by atoms with Crippen LogP contribution in [0.3, 0.4) is 0 Å². The Morgan fingerprint density at radius 1 is 1.33 bits per heavy atom. The molecule has 0 saturated carbocycles. The molecule has 0 fully saturated rings. The third-order valence-corrected chi connectivity index (χ3v) is 3.97. The molecular formula is C16H21N3OS. The second-order valence-electron chi connectivity index (χ2n) is 5.07. The highest BCUT2D eigenvalue weighted by Crippen LogP contribution is 2.24. The summed E-state index contributed by atoms with van der Waals surface area (Å²) in [4.78, 5) is 15.8. The molecule has 1 aromatic carbocycles. The van der Waals surface area contributed by atoms with E-state index in [0.29, 0.717) is 6.54 Å². The Balaban J connectivity index is 2.07. The zero-order valence-corrected chi connectivity index (χ0v) is 13.5. The highest BCUT2D eigenvalue weighted by molar-refractivity contribution is 7.09. The Hall–Kier alpha value is -1.88. The van der Waals surface area contributed by atoms with E-state index >= 15 is 0 Å². The summed E-state index contributed by atoms with van der Waals surface area (Å²) in [5, 5.41) is 9.47. The van der Waals surface area contributed by atoms with Gasteiger partial charge in [-0.2, -0.15) is 0 Å². The number of amides is 1. The van der Waals surface area contributed by atoms with E-state index in [0.717, 1.165) is 35.5 Å². The molecule has 0 aliphatic rings. The van der Waals surface area contributed by atoms with Crippen LogP contribution in [0.2, 0.25) is 0 Å². The van der Waals surface area contributed by atoms with Crippen LogP contribution in [0, 0.1) is 6.92 Å². The number of aryl methyl sites for hydroxylation is 2. The largest absolute Gasteiger partial charge is 0.378 e. The van der Waals surface area contributed by atoms with E-state index in [1.807, 2.05) is 25.1 Å². The van der Waals surface area contributed by atoms with Crippen molar-refractivity contribution in [1.82, 2.24) is 4.98 Å². The summed E-state index contributed by atoms with van der Waals surface area (Å²) in [6, 6.07) is 5.94. The van der Waals surface area contributed by atoms with Crippen molar-refractivity contribution in [2.75, 3.05) is 10.6 Å². The summed E-state index contributed by atoms with van der Waals surface area (Å²) < 4.78 is 0. The van der Waals surface area contributed by atoms with Gasteiger partial charge in [-0.1, -0.05) is 13.0 Å². The molecule has 0 aliphatic heterocycles. The van der Waals surface area contributed by atoms with Crippen LogP contribution in [0.25, 0.3) is 0 Å². The summed E-state index contributed by atoms with van der Waals surface area (Å²) in [7, 11) is 0. The first-order chi connectivity index (χ1) is 10.1. The highest BCUT2D eigenvalue weighted by atomic mass is 32.1. The minimum atomic E-state index is -0.0687. The monoisotopic (exact) mass is 303 g/mol. The molecule has 4 nitrogen and oxygen atoms in total. The number of carbonyl (C=O) groups excluding carboxylic acids is 1. The molecule has 0 bridgehead atoms. The smallest absolute Gasteiger partial charge is 0.221 e. The molecule has 2 rings (SSSR count). The van der Waals surface area contributed by atoms with Crippen LogP contribution in [0.1, 0.15) is 36.5 Å². The van der Waals surface area contributed by atoms with Crippen LogP contribution in [0.5, 0.6) is 0 Å². The zero-order valence-electron chi connectivity index (χ0n) is 12.7. The fraction of sp³-hybridized carbons (Fsp3) is 0.375. The number of hydrogen-bond acceptors (Lipinski definition) is 4. The first-order valence-electron chi connectivity index (χ1n) is 7.14. The maximum atomic E-state index is 11.3. The van der Waals surface area contributed by atoms with Crippen LogP contribution in [-0.4, -0.2) is 10.9 Å². The molecular weight excluding hydrogens is 282 g/mol. The van der Waals surface area contributed by atoms with E-state index < -0.39 is 0 Å². The summed E-state index contributed by atoms with van der Waals surface area (Å²) in [5.74, 6) is -0.0687. The number of nitrogens with one attached hydrogen (secondary N) is 2. The molecule has 2 N–H and O–H groups in total. The predicted molar refractivity (Wildman–Crippen MR) is 88.9 cm³/mol. The molecule has 0 unspecified atom stereocenters. The van der Waals surface area contributed by atoms with Gasteiger partial charge >= 0.3 is 0 Å². The third-order valence-electron chi connectivity index (χ3n) is 3.01. The van der Waals surface area contributed by atoms with E-state index in [9.17, 15) is 4.79 Å². The van der Waals surface area contributed by atoms with Crippen LogP contribution in [0.4, 0.5) is 11.4 Å². The lowest BCUT2D eigenvalue weighted by atomic mass is 10.2. The fourth-order valence-corrected chi connectivity index (χ4v) is 2.95. The molecule has 112 valence electrons. The number of nitrogens with zero attached hydrogens (tertiary/aromatic N) is 1. The summed E-state index contributed by atoms with van der Waals surface area (Å²) >= 11 is 1.71. The molecule has 0 aliphatic carbocycles. The Morgan fingerprint density at radius 3 is 2.86 bits per heavy atom.